The molecular weight excluding hydrogens is 298 g/mol. The molecule has 0 aliphatic carbocycles. The van der Waals surface area contributed by atoms with E-state index in [0.29, 0.717) is 12.2 Å². The maximum Gasteiger partial charge on any atom is 0.319 e. The molecule has 0 aliphatic heterocycles. The lowest BCUT2D eigenvalue weighted by molar-refractivity contribution is -0.115. The third kappa shape index (κ3) is 5.14. The monoisotopic (exact) mass is 315 g/mol. The van der Waals surface area contributed by atoms with Crippen LogP contribution in [0, 0.1) is 0 Å². The summed E-state index contributed by atoms with van der Waals surface area (Å²) in [4.78, 5) is 23.6. The average molecular weight is 315 g/mol. The summed E-state index contributed by atoms with van der Waals surface area (Å²) in [5, 5.41) is 5.57. The van der Waals surface area contributed by atoms with Gasteiger partial charge in [-0.3, -0.25) is 4.79 Å². The predicted molar refractivity (Wildman–Crippen MR) is 88.7 cm³/mol. The van der Waals surface area contributed by atoms with Crippen LogP contribution in [0.3, 0.4) is 0 Å². The van der Waals surface area contributed by atoms with Gasteiger partial charge < -0.3 is 16.4 Å². The Morgan fingerprint density at radius 3 is 2.41 bits per heavy atom. The first-order valence-electron chi connectivity index (χ1n) is 6.74. The lowest BCUT2D eigenvalue weighted by Gasteiger charge is -2.11. The van der Waals surface area contributed by atoms with Gasteiger partial charge in [-0.2, -0.15) is 0 Å². The SMILES string of the molecule is NC(=O)CSc1ccccc1NC(=O)NCc1ccccc1. The van der Waals surface area contributed by atoms with Crippen LogP contribution in [0.5, 0.6) is 0 Å². The van der Waals surface area contributed by atoms with Gasteiger partial charge in [0.15, 0.2) is 0 Å². The maximum absolute atomic E-state index is 12.0. The molecule has 4 N–H and O–H groups in total. The van der Waals surface area contributed by atoms with Gasteiger partial charge in [0.2, 0.25) is 5.91 Å². The van der Waals surface area contributed by atoms with E-state index in [9.17, 15) is 9.59 Å². The summed E-state index contributed by atoms with van der Waals surface area (Å²) in [6.45, 7) is 0.448. The molecule has 0 saturated heterocycles. The van der Waals surface area contributed by atoms with E-state index in [4.69, 9.17) is 5.73 Å². The maximum atomic E-state index is 12.0. The van der Waals surface area contributed by atoms with Crippen LogP contribution in [-0.2, 0) is 11.3 Å². The van der Waals surface area contributed by atoms with Crippen molar-refractivity contribution in [3.8, 4) is 0 Å². The summed E-state index contributed by atoms with van der Waals surface area (Å²) >= 11 is 1.29. The molecule has 0 aromatic heterocycles. The summed E-state index contributed by atoms with van der Waals surface area (Å²) < 4.78 is 0. The zero-order valence-electron chi connectivity index (χ0n) is 11.9. The minimum absolute atomic E-state index is 0.171. The average Bonchev–Trinajstić information content (AvgIpc) is 2.53. The van der Waals surface area contributed by atoms with E-state index in [-0.39, 0.29) is 11.8 Å². The molecule has 0 saturated carbocycles. The molecule has 22 heavy (non-hydrogen) atoms. The van der Waals surface area contributed by atoms with Crippen LogP contribution < -0.4 is 16.4 Å². The number of carbonyl (C=O) groups is 2. The van der Waals surface area contributed by atoms with Crippen molar-refractivity contribution in [1.82, 2.24) is 5.32 Å². The number of thioether (sulfide) groups is 1. The van der Waals surface area contributed by atoms with E-state index in [1.54, 1.807) is 6.07 Å². The topological polar surface area (TPSA) is 84.2 Å². The van der Waals surface area contributed by atoms with E-state index >= 15 is 0 Å². The number of carbonyl (C=O) groups excluding carboxylic acids is 2. The molecule has 0 bridgehead atoms. The van der Waals surface area contributed by atoms with E-state index in [0.717, 1.165) is 10.5 Å². The highest BCUT2D eigenvalue weighted by molar-refractivity contribution is 8.00. The van der Waals surface area contributed by atoms with Crippen LogP contribution in [0.4, 0.5) is 10.5 Å². The van der Waals surface area contributed by atoms with E-state index in [2.05, 4.69) is 10.6 Å². The Hall–Kier alpha value is -2.47. The number of benzene rings is 2. The molecule has 0 unspecified atom stereocenters. The Morgan fingerprint density at radius 1 is 1.00 bits per heavy atom. The largest absolute Gasteiger partial charge is 0.369 e. The van der Waals surface area contributed by atoms with Gasteiger partial charge in [0, 0.05) is 11.4 Å². The van der Waals surface area contributed by atoms with Crippen molar-refractivity contribution in [2.75, 3.05) is 11.1 Å². The van der Waals surface area contributed by atoms with Crippen molar-refractivity contribution in [2.24, 2.45) is 5.73 Å². The number of hydrogen-bond acceptors (Lipinski definition) is 3. The van der Waals surface area contributed by atoms with Crippen LogP contribution in [-0.4, -0.2) is 17.7 Å². The fraction of sp³-hybridized carbons (Fsp3) is 0.125. The third-order valence-corrected chi connectivity index (χ3v) is 3.90. The van der Waals surface area contributed by atoms with Gasteiger partial charge >= 0.3 is 6.03 Å². The first-order chi connectivity index (χ1) is 10.6. The second-order valence-corrected chi connectivity index (χ2v) is 5.56. The molecule has 0 atom stereocenters. The van der Waals surface area contributed by atoms with Crippen molar-refractivity contribution in [3.63, 3.8) is 0 Å². The van der Waals surface area contributed by atoms with Crippen LogP contribution in [0.2, 0.25) is 0 Å². The molecule has 2 aromatic rings. The molecule has 5 nitrogen and oxygen atoms in total. The van der Waals surface area contributed by atoms with Gasteiger partial charge in [-0.1, -0.05) is 42.5 Å². The summed E-state index contributed by atoms with van der Waals surface area (Å²) in [5.41, 5.74) is 6.82. The molecule has 3 amide bonds. The fourth-order valence-electron chi connectivity index (χ4n) is 1.79. The summed E-state index contributed by atoms with van der Waals surface area (Å²) in [7, 11) is 0. The smallest absolute Gasteiger partial charge is 0.319 e. The molecule has 6 heteroatoms. The number of para-hydroxylation sites is 1. The molecule has 0 radical (unpaired) electrons. The van der Waals surface area contributed by atoms with Gasteiger partial charge in [-0.25, -0.2) is 4.79 Å². The lowest BCUT2D eigenvalue weighted by Crippen LogP contribution is -2.28. The fourth-order valence-corrected chi connectivity index (χ4v) is 2.54. The summed E-state index contributed by atoms with van der Waals surface area (Å²) in [5.74, 6) is -0.224. The second kappa shape index (κ2) is 8.09. The molecule has 2 rings (SSSR count). The minimum Gasteiger partial charge on any atom is -0.369 e. The number of nitrogens with one attached hydrogen (secondary N) is 2. The van der Waals surface area contributed by atoms with Crippen molar-refractivity contribution in [1.29, 1.82) is 0 Å². The Bertz CT molecular complexity index is 647. The highest BCUT2D eigenvalue weighted by Crippen LogP contribution is 2.26. The standard InChI is InChI=1S/C16H17N3O2S/c17-15(20)11-22-14-9-5-4-8-13(14)19-16(21)18-10-12-6-2-1-3-7-12/h1-9H,10-11H2,(H2,17,20)(H2,18,19,21). The van der Waals surface area contributed by atoms with Gasteiger partial charge in [0.25, 0.3) is 0 Å². The molecule has 0 aliphatic rings. The lowest BCUT2D eigenvalue weighted by atomic mass is 10.2. The second-order valence-electron chi connectivity index (χ2n) is 4.54. The summed E-state index contributed by atoms with van der Waals surface area (Å²) in [6, 6.07) is 16.6. The number of nitrogens with two attached hydrogens (primary N) is 1. The van der Waals surface area contributed by atoms with Gasteiger partial charge in [0.1, 0.15) is 0 Å². The van der Waals surface area contributed by atoms with Crippen LogP contribution in [0.15, 0.2) is 59.5 Å². The number of amides is 3. The third-order valence-electron chi connectivity index (χ3n) is 2.80. The Balaban J connectivity index is 1.92. The number of anilines is 1. The van der Waals surface area contributed by atoms with Gasteiger partial charge in [0.05, 0.1) is 11.4 Å². The molecule has 0 spiro atoms. The summed E-state index contributed by atoms with van der Waals surface area (Å²) in [6.07, 6.45) is 0. The van der Waals surface area contributed by atoms with Crippen LogP contribution in [0.1, 0.15) is 5.56 Å². The molecular formula is C16H17N3O2S. The predicted octanol–water partition coefficient (Wildman–Crippen LogP) is 2.59. The Morgan fingerprint density at radius 2 is 1.68 bits per heavy atom. The quantitative estimate of drug-likeness (QED) is 0.716. The first kappa shape index (κ1) is 15.9. The molecule has 0 heterocycles. The normalized spacial score (nSPS) is 10.0. The van der Waals surface area contributed by atoms with Crippen molar-refractivity contribution in [2.45, 2.75) is 11.4 Å². The number of rotatable bonds is 6. The van der Waals surface area contributed by atoms with E-state index < -0.39 is 5.91 Å². The number of primary amides is 1. The van der Waals surface area contributed by atoms with Crippen molar-refractivity contribution >= 4 is 29.4 Å². The zero-order valence-corrected chi connectivity index (χ0v) is 12.7. The van der Waals surface area contributed by atoms with Crippen molar-refractivity contribution in [3.05, 3.63) is 60.2 Å². The minimum atomic E-state index is -0.395. The highest BCUT2D eigenvalue weighted by atomic mass is 32.2. The molecule has 114 valence electrons. The van der Waals surface area contributed by atoms with Crippen molar-refractivity contribution < 1.29 is 9.59 Å². The Labute approximate surface area is 133 Å². The molecule has 2 aromatic carbocycles. The first-order valence-corrected chi connectivity index (χ1v) is 7.72. The number of hydrogen-bond donors (Lipinski definition) is 3. The van der Waals surface area contributed by atoms with Gasteiger partial charge in [-0.15, -0.1) is 11.8 Å². The number of urea groups is 1. The molecule has 0 fully saturated rings. The van der Waals surface area contributed by atoms with Gasteiger partial charge in [-0.05, 0) is 17.7 Å². The Kier molecular flexibility index (Phi) is 5.85. The van der Waals surface area contributed by atoms with Crippen LogP contribution >= 0.6 is 11.8 Å². The van der Waals surface area contributed by atoms with Crippen LogP contribution in [0.25, 0.3) is 0 Å². The zero-order chi connectivity index (χ0) is 15.8. The highest BCUT2D eigenvalue weighted by Gasteiger charge is 2.07. The van der Waals surface area contributed by atoms with E-state index in [1.165, 1.54) is 11.8 Å². The van der Waals surface area contributed by atoms with E-state index in [1.807, 2.05) is 48.5 Å².